The fourth-order valence-corrected chi connectivity index (χ4v) is 1.95. The third-order valence-electron chi connectivity index (χ3n) is 2.98. The maximum Gasteiger partial charge on any atom is 0.185 e. The topological polar surface area (TPSA) is 34.9 Å². The van der Waals surface area contributed by atoms with E-state index in [-0.39, 0.29) is 5.78 Å². The smallest absolute Gasteiger partial charge is 0.185 e. The van der Waals surface area contributed by atoms with Crippen LogP contribution in [0.3, 0.4) is 0 Å². The van der Waals surface area contributed by atoms with Gasteiger partial charge in [0.25, 0.3) is 0 Å². The Kier molecular flexibility index (Phi) is 4.17. The predicted molar refractivity (Wildman–Crippen MR) is 77.5 cm³/mol. The molecule has 0 aliphatic heterocycles. The Morgan fingerprint density at radius 2 is 2.05 bits per heavy atom. The summed E-state index contributed by atoms with van der Waals surface area (Å²) in [6, 6.07) is 6.86. The van der Waals surface area contributed by atoms with Gasteiger partial charge in [-0.2, -0.15) is 5.10 Å². The molecule has 0 N–H and O–H groups in total. The lowest BCUT2D eigenvalue weighted by atomic mass is 10.1. The van der Waals surface area contributed by atoms with E-state index in [2.05, 4.69) is 5.10 Å². The van der Waals surface area contributed by atoms with Crippen molar-refractivity contribution in [1.82, 2.24) is 9.78 Å². The third-order valence-corrected chi connectivity index (χ3v) is 3.24. The second-order valence-electron chi connectivity index (χ2n) is 4.21. The molecule has 0 atom stereocenters. The van der Waals surface area contributed by atoms with Crippen molar-refractivity contribution in [2.75, 3.05) is 0 Å². The lowest BCUT2D eigenvalue weighted by molar-refractivity contribution is 0.104. The van der Waals surface area contributed by atoms with Crippen molar-refractivity contribution in [1.29, 1.82) is 0 Å². The molecule has 0 amide bonds. The van der Waals surface area contributed by atoms with Crippen molar-refractivity contribution in [2.45, 2.75) is 20.4 Å². The molecular weight excluding hydrogens is 260 g/mol. The van der Waals surface area contributed by atoms with E-state index in [1.807, 2.05) is 18.5 Å². The summed E-state index contributed by atoms with van der Waals surface area (Å²) in [5.74, 6) is -0.0414. The molecule has 0 saturated carbocycles. The van der Waals surface area contributed by atoms with Gasteiger partial charge >= 0.3 is 0 Å². The molecular formula is C15H15ClN2O. The minimum absolute atomic E-state index is 0.0414. The first-order chi connectivity index (χ1) is 9.11. The highest BCUT2D eigenvalue weighted by Gasteiger charge is 2.04. The highest BCUT2D eigenvalue weighted by atomic mass is 35.5. The lowest BCUT2D eigenvalue weighted by Crippen LogP contribution is -1.98. The number of carbonyl (C=O) groups is 1. The van der Waals surface area contributed by atoms with E-state index >= 15 is 0 Å². The molecule has 19 heavy (non-hydrogen) atoms. The quantitative estimate of drug-likeness (QED) is 0.628. The second kappa shape index (κ2) is 5.85. The number of aromatic nitrogens is 2. The van der Waals surface area contributed by atoms with Gasteiger partial charge in [0.2, 0.25) is 0 Å². The molecule has 3 nitrogen and oxygen atoms in total. The first kappa shape index (κ1) is 13.6. The summed E-state index contributed by atoms with van der Waals surface area (Å²) < 4.78 is 1.90. The molecule has 0 fully saturated rings. The van der Waals surface area contributed by atoms with E-state index in [9.17, 15) is 4.79 Å². The number of carbonyl (C=O) groups excluding carboxylic acids is 1. The molecule has 0 radical (unpaired) electrons. The SMILES string of the molecule is CCn1ncc(/C=C/C(=O)c2ccc(Cl)cc2)c1C. The molecule has 1 aromatic heterocycles. The molecule has 2 rings (SSSR count). The molecule has 0 saturated heterocycles. The van der Waals surface area contributed by atoms with Crippen LogP contribution in [0.4, 0.5) is 0 Å². The molecule has 98 valence electrons. The van der Waals surface area contributed by atoms with Crippen molar-refractivity contribution >= 4 is 23.5 Å². The molecule has 4 heteroatoms. The summed E-state index contributed by atoms with van der Waals surface area (Å²) in [6.07, 6.45) is 5.13. The molecule has 0 spiro atoms. The Labute approximate surface area is 117 Å². The summed E-state index contributed by atoms with van der Waals surface area (Å²) in [4.78, 5) is 12.0. The van der Waals surface area contributed by atoms with Gasteiger partial charge in [-0.3, -0.25) is 9.48 Å². The van der Waals surface area contributed by atoms with Crippen LogP contribution in [0, 0.1) is 6.92 Å². The van der Waals surface area contributed by atoms with Gasteiger partial charge in [-0.15, -0.1) is 0 Å². The number of nitrogens with zero attached hydrogens (tertiary/aromatic N) is 2. The van der Waals surface area contributed by atoms with E-state index in [0.29, 0.717) is 10.6 Å². The van der Waals surface area contributed by atoms with Crippen LogP contribution >= 0.6 is 11.6 Å². The summed E-state index contributed by atoms with van der Waals surface area (Å²) >= 11 is 5.79. The van der Waals surface area contributed by atoms with Crippen LogP contribution in [0.2, 0.25) is 5.02 Å². The van der Waals surface area contributed by atoms with Crippen LogP contribution in [0.5, 0.6) is 0 Å². The highest BCUT2D eigenvalue weighted by molar-refractivity contribution is 6.30. The van der Waals surface area contributed by atoms with Gasteiger partial charge in [0.05, 0.1) is 6.20 Å². The summed E-state index contributed by atoms with van der Waals surface area (Å²) in [6.45, 7) is 4.85. The standard InChI is InChI=1S/C15H15ClN2O/c1-3-18-11(2)13(10-17-18)6-9-15(19)12-4-7-14(16)8-5-12/h4-10H,3H2,1-2H3/b9-6+. The van der Waals surface area contributed by atoms with Crippen LogP contribution in [-0.2, 0) is 6.54 Å². The fourth-order valence-electron chi connectivity index (χ4n) is 1.82. The van der Waals surface area contributed by atoms with Crippen LogP contribution < -0.4 is 0 Å². The third kappa shape index (κ3) is 3.12. The Balaban J connectivity index is 2.16. The minimum Gasteiger partial charge on any atom is -0.289 e. The molecule has 0 aliphatic rings. The number of benzene rings is 1. The van der Waals surface area contributed by atoms with Crippen LogP contribution in [-0.4, -0.2) is 15.6 Å². The molecule has 0 aliphatic carbocycles. The summed E-state index contributed by atoms with van der Waals surface area (Å²) in [5, 5.41) is 4.86. The van der Waals surface area contributed by atoms with Gasteiger partial charge in [-0.1, -0.05) is 11.6 Å². The zero-order valence-electron chi connectivity index (χ0n) is 10.9. The first-order valence-corrected chi connectivity index (χ1v) is 6.50. The first-order valence-electron chi connectivity index (χ1n) is 6.12. The van der Waals surface area contributed by atoms with Gasteiger partial charge in [0.15, 0.2) is 5.78 Å². The van der Waals surface area contributed by atoms with Crippen molar-refractivity contribution in [3.8, 4) is 0 Å². The molecule has 1 aromatic carbocycles. The van der Waals surface area contributed by atoms with Crippen LogP contribution in [0.25, 0.3) is 6.08 Å². The number of allylic oxidation sites excluding steroid dienone is 1. The number of halogens is 1. The van der Waals surface area contributed by atoms with Crippen molar-refractivity contribution < 1.29 is 4.79 Å². The van der Waals surface area contributed by atoms with Crippen molar-refractivity contribution in [2.24, 2.45) is 0 Å². The van der Waals surface area contributed by atoms with Crippen LogP contribution in [0.1, 0.15) is 28.5 Å². The Morgan fingerprint density at radius 3 is 2.63 bits per heavy atom. The lowest BCUT2D eigenvalue weighted by Gasteiger charge is -1.98. The van der Waals surface area contributed by atoms with Gasteiger partial charge in [-0.05, 0) is 50.3 Å². The average Bonchev–Trinajstić information content (AvgIpc) is 2.77. The maximum atomic E-state index is 12.0. The Morgan fingerprint density at radius 1 is 1.37 bits per heavy atom. The van der Waals surface area contributed by atoms with Crippen molar-refractivity contribution in [3.63, 3.8) is 0 Å². The van der Waals surface area contributed by atoms with Gasteiger partial charge in [-0.25, -0.2) is 0 Å². The van der Waals surface area contributed by atoms with E-state index < -0.39 is 0 Å². The Bertz CT molecular complexity index is 612. The van der Waals surface area contributed by atoms with E-state index in [1.165, 1.54) is 0 Å². The fraction of sp³-hybridized carbons (Fsp3) is 0.200. The number of ketones is 1. The van der Waals surface area contributed by atoms with Crippen molar-refractivity contribution in [3.05, 3.63) is 58.4 Å². The number of hydrogen-bond donors (Lipinski definition) is 0. The zero-order valence-corrected chi connectivity index (χ0v) is 11.7. The normalized spacial score (nSPS) is 11.1. The summed E-state index contributed by atoms with van der Waals surface area (Å²) in [5.41, 5.74) is 2.65. The van der Waals surface area contributed by atoms with Gasteiger partial charge in [0.1, 0.15) is 0 Å². The summed E-state index contributed by atoms with van der Waals surface area (Å²) in [7, 11) is 0. The number of hydrogen-bond acceptors (Lipinski definition) is 2. The van der Waals surface area contributed by atoms with E-state index in [1.54, 1.807) is 42.6 Å². The minimum atomic E-state index is -0.0414. The Hall–Kier alpha value is -1.87. The number of rotatable bonds is 4. The monoisotopic (exact) mass is 274 g/mol. The molecule has 0 bridgehead atoms. The average molecular weight is 275 g/mol. The molecule has 2 aromatic rings. The predicted octanol–water partition coefficient (Wildman–Crippen LogP) is 3.76. The second-order valence-corrected chi connectivity index (χ2v) is 4.64. The zero-order chi connectivity index (χ0) is 13.8. The molecule has 0 unspecified atom stereocenters. The van der Waals surface area contributed by atoms with Gasteiger partial charge in [0, 0.05) is 28.4 Å². The van der Waals surface area contributed by atoms with Gasteiger partial charge < -0.3 is 0 Å². The number of aryl methyl sites for hydroxylation is 1. The maximum absolute atomic E-state index is 12.0. The highest BCUT2D eigenvalue weighted by Crippen LogP contribution is 2.12. The van der Waals surface area contributed by atoms with Crippen LogP contribution in [0.15, 0.2) is 36.5 Å². The van der Waals surface area contributed by atoms with E-state index in [0.717, 1.165) is 17.8 Å². The largest absolute Gasteiger partial charge is 0.289 e. The molecule has 1 heterocycles. The van der Waals surface area contributed by atoms with E-state index in [4.69, 9.17) is 11.6 Å².